The molecule has 0 atom stereocenters. The maximum Gasteiger partial charge on any atom is 0.195 e. The summed E-state index contributed by atoms with van der Waals surface area (Å²) in [6.07, 6.45) is 3.79. The first-order valence-corrected chi connectivity index (χ1v) is 8.19. The summed E-state index contributed by atoms with van der Waals surface area (Å²) in [6, 6.07) is 7.74. The third kappa shape index (κ3) is 2.37. The number of aromatic nitrogens is 5. The van der Waals surface area contributed by atoms with Crippen molar-refractivity contribution in [2.45, 2.75) is 6.54 Å². The van der Waals surface area contributed by atoms with Crippen molar-refractivity contribution in [1.29, 1.82) is 0 Å². The monoisotopic (exact) mass is 347 g/mol. The number of halogens is 1. The van der Waals surface area contributed by atoms with Gasteiger partial charge in [-0.25, -0.2) is 4.98 Å². The van der Waals surface area contributed by atoms with Gasteiger partial charge in [-0.2, -0.15) is 5.10 Å². The summed E-state index contributed by atoms with van der Waals surface area (Å²) >= 11 is 13.0. The number of thiophene rings is 1. The second kappa shape index (κ2) is 5.35. The van der Waals surface area contributed by atoms with Crippen molar-refractivity contribution >= 4 is 40.8 Å². The minimum absolute atomic E-state index is 0.582. The molecule has 0 amide bonds. The highest BCUT2D eigenvalue weighted by Crippen LogP contribution is 2.21. The summed E-state index contributed by atoms with van der Waals surface area (Å²) in [7, 11) is 0. The number of nitrogens with zero attached hydrogens (tertiary/aromatic N) is 4. The Morgan fingerprint density at radius 1 is 1.36 bits per heavy atom. The van der Waals surface area contributed by atoms with Crippen molar-refractivity contribution in [3.05, 3.63) is 56.7 Å². The van der Waals surface area contributed by atoms with Gasteiger partial charge in [-0.3, -0.25) is 9.67 Å². The van der Waals surface area contributed by atoms with E-state index in [1.165, 1.54) is 4.88 Å². The van der Waals surface area contributed by atoms with Crippen molar-refractivity contribution < 1.29 is 0 Å². The van der Waals surface area contributed by atoms with Gasteiger partial charge in [-0.1, -0.05) is 17.7 Å². The zero-order valence-electron chi connectivity index (χ0n) is 11.2. The van der Waals surface area contributed by atoms with Crippen LogP contribution in [-0.4, -0.2) is 24.1 Å². The molecule has 0 aliphatic heterocycles. The van der Waals surface area contributed by atoms with E-state index in [1.807, 2.05) is 44.9 Å². The summed E-state index contributed by atoms with van der Waals surface area (Å²) in [4.78, 5) is 5.79. The van der Waals surface area contributed by atoms with Gasteiger partial charge < -0.3 is 4.40 Å². The molecule has 110 valence electrons. The van der Waals surface area contributed by atoms with Crippen LogP contribution in [0.5, 0.6) is 0 Å². The SMILES string of the molecule is S=c1[nH]nc(-c2cn3ccc(Cl)cc3n2)n1Cc1cccs1. The minimum atomic E-state index is 0.582. The molecule has 0 fully saturated rings. The molecule has 0 saturated heterocycles. The highest BCUT2D eigenvalue weighted by atomic mass is 35.5. The Morgan fingerprint density at radius 2 is 2.27 bits per heavy atom. The topological polar surface area (TPSA) is 50.9 Å². The molecule has 1 N–H and O–H groups in total. The van der Waals surface area contributed by atoms with Crippen LogP contribution >= 0.6 is 35.2 Å². The first-order valence-electron chi connectivity index (χ1n) is 6.53. The number of hydrogen-bond donors (Lipinski definition) is 1. The highest BCUT2D eigenvalue weighted by molar-refractivity contribution is 7.71. The van der Waals surface area contributed by atoms with Crippen LogP contribution in [0.15, 0.2) is 42.0 Å². The molecule has 0 radical (unpaired) electrons. The first-order chi connectivity index (χ1) is 10.7. The molecule has 0 aliphatic carbocycles. The molecule has 8 heteroatoms. The normalized spacial score (nSPS) is 11.3. The van der Waals surface area contributed by atoms with Crippen LogP contribution in [0.2, 0.25) is 5.02 Å². The molecule has 5 nitrogen and oxygen atoms in total. The molecule has 0 spiro atoms. The van der Waals surface area contributed by atoms with E-state index < -0.39 is 0 Å². The standard InChI is InChI=1S/C14H10ClN5S2/c15-9-3-4-19-8-11(16-12(19)6-9)13-17-18-14(21)20(13)7-10-2-1-5-22-10/h1-6,8H,7H2,(H,18,21). The third-order valence-corrected chi connectivity index (χ3v) is 4.71. The molecule has 0 unspecified atom stereocenters. The lowest BCUT2D eigenvalue weighted by Crippen LogP contribution is -2.01. The van der Waals surface area contributed by atoms with Crippen LogP contribution in [0.25, 0.3) is 17.2 Å². The number of imidazole rings is 1. The Balaban J connectivity index is 1.82. The molecule has 0 saturated carbocycles. The van der Waals surface area contributed by atoms with E-state index in [1.54, 1.807) is 11.3 Å². The van der Waals surface area contributed by atoms with Gasteiger partial charge in [0.25, 0.3) is 0 Å². The Morgan fingerprint density at radius 3 is 3.09 bits per heavy atom. The number of rotatable bonds is 3. The molecular formula is C14H10ClN5S2. The van der Waals surface area contributed by atoms with Crippen LogP contribution in [0.4, 0.5) is 0 Å². The van der Waals surface area contributed by atoms with Gasteiger partial charge in [-0.05, 0) is 29.7 Å². The molecule has 4 aromatic heterocycles. The maximum atomic E-state index is 6.01. The molecule has 0 bridgehead atoms. The molecule has 22 heavy (non-hydrogen) atoms. The van der Waals surface area contributed by atoms with Gasteiger partial charge in [0.15, 0.2) is 10.6 Å². The zero-order chi connectivity index (χ0) is 15.1. The summed E-state index contributed by atoms with van der Waals surface area (Å²) in [6.45, 7) is 0.678. The predicted molar refractivity (Wildman–Crippen MR) is 90.0 cm³/mol. The molecule has 0 aromatic carbocycles. The van der Waals surface area contributed by atoms with Gasteiger partial charge in [0.1, 0.15) is 11.3 Å². The second-order valence-electron chi connectivity index (χ2n) is 4.75. The smallest absolute Gasteiger partial charge is 0.195 e. The van der Waals surface area contributed by atoms with E-state index >= 15 is 0 Å². The molecule has 4 rings (SSSR count). The fourth-order valence-electron chi connectivity index (χ4n) is 2.28. The average Bonchev–Trinajstić information content (AvgIpc) is 3.20. The van der Waals surface area contributed by atoms with Gasteiger partial charge in [0, 0.05) is 28.4 Å². The van der Waals surface area contributed by atoms with E-state index in [0.717, 1.165) is 17.2 Å². The summed E-state index contributed by atoms with van der Waals surface area (Å²) in [5.41, 5.74) is 1.53. The predicted octanol–water partition coefficient (Wildman–Crippen LogP) is 4.02. The van der Waals surface area contributed by atoms with E-state index in [-0.39, 0.29) is 0 Å². The van der Waals surface area contributed by atoms with Crippen LogP contribution in [-0.2, 0) is 6.54 Å². The molecular weight excluding hydrogens is 338 g/mol. The summed E-state index contributed by atoms with van der Waals surface area (Å²) in [5, 5.41) is 9.88. The minimum Gasteiger partial charge on any atom is -0.306 e. The van der Waals surface area contributed by atoms with E-state index in [4.69, 9.17) is 23.8 Å². The fourth-order valence-corrected chi connectivity index (χ4v) is 3.33. The summed E-state index contributed by atoms with van der Waals surface area (Å²) in [5.74, 6) is 0.721. The van der Waals surface area contributed by atoms with Crippen molar-refractivity contribution in [2.75, 3.05) is 0 Å². The van der Waals surface area contributed by atoms with Gasteiger partial charge in [0.05, 0.1) is 6.54 Å². The maximum absolute atomic E-state index is 6.01. The molecule has 0 aliphatic rings. The largest absolute Gasteiger partial charge is 0.306 e. The van der Waals surface area contributed by atoms with Crippen molar-refractivity contribution in [3.63, 3.8) is 0 Å². The quantitative estimate of drug-likeness (QED) is 0.569. The van der Waals surface area contributed by atoms with Crippen molar-refractivity contribution in [3.8, 4) is 11.5 Å². The van der Waals surface area contributed by atoms with Crippen LogP contribution in [0.1, 0.15) is 4.88 Å². The first kappa shape index (κ1) is 13.7. The Bertz CT molecular complexity index is 996. The Kier molecular flexibility index (Phi) is 3.33. The van der Waals surface area contributed by atoms with Crippen LogP contribution < -0.4 is 0 Å². The van der Waals surface area contributed by atoms with Crippen molar-refractivity contribution in [1.82, 2.24) is 24.1 Å². The Hall–Kier alpha value is -1.96. The molecule has 4 heterocycles. The third-order valence-electron chi connectivity index (χ3n) is 3.30. The van der Waals surface area contributed by atoms with Gasteiger partial charge in [-0.15, -0.1) is 11.3 Å². The van der Waals surface area contributed by atoms with Crippen LogP contribution in [0, 0.1) is 4.77 Å². The van der Waals surface area contributed by atoms with E-state index in [0.29, 0.717) is 16.3 Å². The lowest BCUT2D eigenvalue weighted by molar-refractivity contribution is 0.800. The van der Waals surface area contributed by atoms with Gasteiger partial charge >= 0.3 is 0 Å². The Labute approximate surface area is 139 Å². The second-order valence-corrected chi connectivity index (χ2v) is 6.61. The lowest BCUT2D eigenvalue weighted by Gasteiger charge is -2.02. The number of fused-ring (bicyclic) bond motifs is 1. The average molecular weight is 348 g/mol. The zero-order valence-corrected chi connectivity index (χ0v) is 13.6. The number of H-pyrrole nitrogens is 1. The molecule has 4 aromatic rings. The van der Waals surface area contributed by atoms with Crippen molar-refractivity contribution in [2.24, 2.45) is 0 Å². The number of hydrogen-bond acceptors (Lipinski definition) is 4. The number of aromatic amines is 1. The fraction of sp³-hybridized carbons (Fsp3) is 0.0714. The highest BCUT2D eigenvalue weighted by Gasteiger charge is 2.13. The van der Waals surface area contributed by atoms with Gasteiger partial charge in [0.2, 0.25) is 0 Å². The van der Waals surface area contributed by atoms with Crippen LogP contribution in [0.3, 0.4) is 0 Å². The summed E-state index contributed by atoms with van der Waals surface area (Å²) < 4.78 is 4.44. The van der Waals surface area contributed by atoms with E-state index in [9.17, 15) is 0 Å². The van der Waals surface area contributed by atoms with E-state index in [2.05, 4.69) is 21.2 Å². The number of nitrogens with one attached hydrogen (secondary N) is 1. The lowest BCUT2D eigenvalue weighted by atomic mass is 10.4. The number of pyridine rings is 1.